The third-order valence-corrected chi connectivity index (χ3v) is 3.26. The number of carbonyl (C=O) groups is 2. The lowest BCUT2D eigenvalue weighted by atomic mass is 10.1. The largest absolute Gasteiger partial charge is 0.490 e. The average Bonchev–Trinajstić information content (AvgIpc) is 2.61. The summed E-state index contributed by atoms with van der Waals surface area (Å²) < 4.78 is 31.7. The second-order valence-corrected chi connectivity index (χ2v) is 5.85. The van der Waals surface area contributed by atoms with Gasteiger partial charge in [0.2, 0.25) is 0 Å². The molecular formula is C17H18F3N3O4. The van der Waals surface area contributed by atoms with Gasteiger partial charge in [0.25, 0.3) is 0 Å². The van der Waals surface area contributed by atoms with E-state index in [9.17, 15) is 18.0 Å². The molecule has 0 fully saturated rings. The number of halogens is 3. The van der Waals surface area contributed by atoms with Crippen LogP contribution in [0.2, 0.25) is 0 Å². The van der Waals surface area contributed by atoms with Crippen LogP contribution in [0, 0.1) is 0 Å². The lowest BCUT2D eigenvalue weighted by Gasteiger charge is -2.20. The molecule has 0 spiro atoms. The summed E-state index contributed by atoms with van der Waals surface area (Å²) in [5, 5.41) is 19.1. The van der Waals surface area contributed by atoms with Crippen LogP contribution in [0.3, 0.4) is 0 Å². The van der Waals surface area contributed by atoms with Crippen LogP contribution in [-0.4, -0.2) is 43.8 Å². The highest BCUT2D eigenvalue weighted by Crippen LogP contribution is 2.14. The van der Waals surface area contributed by atoms with Gasteiger partial charge in [0, 0.05) is 18.9 Å². The summed E-state index contributed by atoms with van der Waals surface area (Å²) in [4.78, 5) is 28.5. The lowest BCUT2D eigenvalue weighted by molar-refractivity contribution is -0.192. The molecule has 0 saturated heterocycles. The van der Waals surface area contributed by atoms with Gasteiger partial charge >= 0.3 is 18.1 Å². The zero-order valence-corrected chi connectivity index (χ0v) is 14.5. The number of rotatable bonds is 5. The van der Waals surface area contributed by atoms with Gasteiger partial charge in [-0.3, -0.25) is 20.1 Å². The topological polar surface area (TPSA) is 112 Å². The zero-order chi connectivity index (χ0) is 20.7. The Labute approximate surface area is 152 Å². The van der Waals surface area contributed by atoms with Crippen LogP contribution in [0.1, 0.15) is 19.4 Å². The maximum absolute atomic E-state index is 11.0. The molecule has 0 bridgehead atoms. The van der Waals surface area contributed by atoms with Gasteiger partial charge in [-0.25, -0.2) is 4.79 Å². The average molecular weight is 385 g/mol. The standard InChI is InChI=1S/C15H17N3O2.C2HF3O2/c1-15(2,14(19)20)18-10-11-6-7-13(17-9-11)12-5-3-4-8-16-12;3-2(4,5)1(6)7/h3-9,18H,10H2,1-2H3,(H,19,20);(H,6,7). The third-order valence-electron chi connectivity index (χ3n) is 3.26. The van der Waals surface area contributed by atoms with E-state index in [1.807, 2.05) is 30.3 Å². The molecule has 2 rings (SSSR count). The number of carboxylic acid groups (broad SMARTS) is 2. The first kappa shape index (κ1) is 22.0. The van der Waals surface area contributed by atoms with Gasteiger partial charge < -0.3 is 10.2 Å². The Balaban J connectivity index is 0.000000445. The molecule has 0 aliphatic rings. The van der Waals surface area contributed by atoms with Crippen LogP contribution in [0.15, 0.2) is 42.7 Å². The Morgan fingerprint density at radius 1 is 1.00 bits per heavy atom. The summed E-state index contributed by atoms with van der Waals surface area (Å²) >= 11 is 0. The smallest absolute Gasteiger partial charge is 0.480 e. The van der Waals surface area contributed by atoms with Gasteiger partial charge in [-0.1, -0.05) is 12.1 Å². The fraction of sp³-hybridized carbons (Fsp3) is 0.294. The molecule has 7 nitrogen and oxygen atoms in total. The highest BCUT2D eigenvalue weighted by molar-refractivity contribution is 5.77. The molecule has 0 unspecified atom stereocenters. The first-order valence-electron chi connectivity index (χ1n) is 7.58. The number of hydrogen-bond acceptors (Lipinski definition) is 5. The van der Waals surface area contributed by atoms with Crippen molar-refractivity contribution >= 4 is 11.9 Å². The van der Waals surface area contributed by atoms with Crippen LogP contribution in [-0.2, 0) is 16.1 Å². The number of hydrogen-bond donors (Lipinski definition) is 3. The maximum atomic E-state index is 11.0. The van der Waals surface area contributed by atoms with Gasteiger partial charge in [-0.05, 0) is 37.6 Å². The van der Waals surface area contributed by atoms with E-state index >= 15 is 0 Å². The molecule has 0 atom stereocenters. The summed E-state index contributed by atoms with van der Waals surface area (Å²) in [6, 6.07) is 9.47. The zero-order valence-electron chi connectivity index (χ0n) is 14.5. The van der Waals surface area contributed by atoms with Crippen molar-refractivity contribution in [3.8, 4) is 11.4 Å². The Kier molecular flexibility index (Phi) is 7.41. The van der Waals surface area contributed by atoms with Crippen molar-refractivity contribution in [1.29, 1.82) is 0 Å². The normalized spacial score (nSPS) is 11.3. The number of aromatic nitrogens is 2. The summed E-state index contributed by atoms with van der Waals surface area (Å²) in [6.45, 7) is 3.71. The van der Waals surface area contributed by atoms with Crippen LogP contribution in [0.5, 0.6) is 0 Å². The predicted octanol–water partition coefficient (Wildman–Crippen LogP) is 2.73. The summed E-state index contributed by atoms with van der Waals surface area (Å²) in [5.41, 5.74) is 1.59. The molecule has 0 radical (unpaired) electrons. The fourth-order valence-corrected chi connectivity index (χ4v) is 1.59. The van der Waals surface area contributed by atoms with Gasteiger partial charge in [0.1, 0.15) is 5.54 Å². The molecule has 27 heavy (non-hydrogen) atoms. The van der Waals surface area contributed by atoms with E-state index in [-0.39, 0.29) is 0 Å². The monoisotopic (exact) mass is 385 g/mol. The van der Waals surface area contributed by atoms with Crippen LogP contribution < -0.4 is 5.32 Å². The van der Waals surface area contributed by atoms with E-state index in [4.69, 9.17) is 15.0 Å². The molecule has 10 heteroatoms. The van der Waals surface area contributed by atoms with E-state index in [1.54, 1.807) is 26.2 Å². The van der Waals surface area contributed by atoms with Crippen molar-refractivity contribution in [2.75, 3.05) is 0 Å². The first-order valence-corrected chi connectivity index (χ1v) is 7.58. The Morgan fingerprint density at radius 2 is 1.59 bits per heavy atom. The van der Waals surface area contributed by atoms with E-state index in [0.717, 1.165) is 17.0 Å². The molecule has 0 aliphatic carbocycles. The van der Waals surface area contributed by atoms with Crippen molar-refractivity contribution < 1.29 is 33.0 Å². The molecule has 146 valence electrons. The van der Waals surface area contributed by atoms with E-state index in [1.165, 1.54) is 0 Å². The van der Waals surface area contributed by atoms with Crippen molar-refractivity contribution in [2.45, 2.75) is 32.1 Å². The number of carboxylic acids is 2. The second-order valence-electron chi connectivity index (χ2n) is 5.85. The number of nitrogens with one attached hydrogen (secondary N) is 1. The van der Waals surface area contributed by atoms with Gasteiger partial charge in [0.15, 0.2) is 0 Å². The molecule has 0 aromatic carbocycles. The van der Waals surface area contributed by atoms with Gasteiger partial charge in [-0.15, -0.1) is 0 Å². The van der Waals surface area contributed by atoms with Gasteiger partial charge in [0.05, 0.1) is 11.4 Å². The number of pyridine rings is 2. The van der Waals surface area contributed by atoms with Crippen molar-refractivity contribution in [1.82, 2.24) is 15.3 Å². The molecule has 2 aromatic rings. The second kappa shape index (κ2) is 9.08. The van der Waals surface area contributed by atoms with Crippen molar-refractivity contribution in [3.05, 3.63) is 48.3 Å². The summed E-state index contributed by atoms with van der Waals surface area (Å²) in [6.07, 6.45) is -1.63. The molecule has 3 N–H and O–H groups in total. The molecule has 2 heterocycles. The minimum Gasteiger partial charge on any atom is -0.480 e. The van der Waals surface area contributed by atoms with Crippen LogP contribution in [0.25, 0.3) is 11.4 Å². The summed E-state index contributed by atoms with van der Waals surface area (Å²) in [5.74, 6) is -3.64. The Hall–Kier alpha value is -3.01. The quantitative estimate of drug-likeness (QED) is 0.725. The van der Waals surface area contributed by atoms with Crippen molar-refractivity contribution in [3.63, 3.8) is 0 Å². The SMILES string of the molecule is CC(C)(NCc1ccc(-c2ccccn2)nc1)C(=O)O.O=C(O)C(F)(F)F. The summed E-state index contributed by atoms with van der Waals surface area (Å²) in [7, 11) is 0. The minimum atomic E-state index is -5.08. The number of nitrogens with zero attached hydrogens (tertiary/aromatic N) is 2. The Bertz CT molecular complexity index is 763. The van der Waals surface area contributed by atoms with E-state index in [2.05, 4.69) is 15.3 Å². The highest BCUT2D eigenvalue weighted by Gasteiger charge is 2.38. The van der Waals surface area contributed by atoms with E-state index < -0.39 is 23.7 Å². The molecule has 0 amide bonds. The van der Waals surface area contributed by atoms with Crippen molar-refractivity contribution in [2.24, 2.45) is 0 Å². The fourth-order valence-electron chi connectivity index (χ4n) is 1.59. The van der Waals surface area contributed by atoms with E-state index in [0.29, 0.717) is 6.54 Å². The molecule has 0 saturated carbocycles. The number of aliphatic carboxylic acids is 2. The van der Waals surface area contributed by atoms with Gasteiger partial charge in [-0.2, -0.15) is 13.2 Å². The molecule has 0 aliphatic heterocycles. The molecular weight excluding hydrogens is 367 g/mol. The minimum absolute atomic E-state index is 0.453. The lowest BCUT2D eigenvalue weighted by Crippen LogP contribution is -2.46. The third kappa shape index (κ3) is 7.40. The number of alkyl halides is 3. The maximum Gasteiger partial charge on any atom is 0.490 e. The first-order chi connectivity index (χ1) is 12.4. The van der Waals surface area contributed by atoms with Crippen LogP contribution >= 0.6 is 0 Å². The highest BCUT2D eigenvalue weighted by atomic mass is 19.4. The Morgan fingerprint density at radius 3 is 2.00 bits per heavy atom. The van der Waals surface area contributed by atoms with Crippen LogP contribution in [0.4, 0.5) is 13.2 Å². The molecule has 2 aromatic heterocycles. The predicted molar refractivity (Wildman–Crippen MR) is 89.7 cm³/mol.